The van der Waals surface area contributed by atoms with Crippen LogP contribution in [0.2, 0.25) is 0 Å². The maximum Gasteiger partial charge on any atom is 0.169 e. The predicted octanol–water partition coefficient (Wildman–Crippen LogP) is 1.36. The molecule has 0 aromatic heterocycles. The monoisotopic (exact) mass is 172 g/mol. The van der Waals surface area contributed by atoms with E-state index in [2.05, 4.69) is 0 Å². The van der Waals surface area contributed by atoms with Crippen molar-refractivity contribution in [1.29, 1.82) is 0 Å². The van der Waals surface area contributed by atoms with Gasteiger partial charge in [0.2, 0.25) is 0 Å². The molecule has 0 bridgehead atoms. The highest BCUT2D eigenvalue weighted by Gasteiger charge is 2.39. The molecule has 1 heterocycles. The zero-order chi connectivity index (χ0) is 9.19. The van der Waals surface area contributed by atoms with E-state index in [0.29, 0.717) is 13.0 Å². The van der Waals surface area contributed by atoms with E-state index in [4.69, 9.17) is 9.47 Å². The van der Waals surface area contributed by atoms with Crippen molar-refractivity contribution >= 4 is 6.29 Å². The van der Waals surface area contributed by atoms with Crippen LogP contribution in [0.15, 0.2) is 0 Å². The van der Waals surface area contributed by atoms with Gasteiger partial charge >= 0.3 is 0 Å². The van der Waals surface area contributed by atoms with Gasteiger partial charge in [-0.25, -0.2) is 0 Å². The van der Waals surface area contributed by atoms with Gasteiger partial charge in [0.25, 0.3) is 0 Å². The molecule has 0 amide bonds. The van der Waals surface area contributed by atoms with Gasteiger partial charge in [0.15, 0.2) is 5.79 Å². The van der Waals surface area contributed by atoms with Gasteiger partial charge in [-0.1, -0.05) is 6.92 Å². The Morgan fingerprint density at radius 1 is 1.75 bits per heavy atom. The molecule has 1 rings (SSSR count). The first-order valence-electron chi connectivity index (χ1n) is 4.34. The topological polar surface area (TPSA) is 35.5 Å². The molecule has 0 saturated carbocycles. The first-order chi connectivity index (χ1) is 5.58. The zero-order valence-electron chi connectivity index (χ0n) is 7.87. The Morgan fingerprint density at radius 2 is 2.42 bits per heavy atom. The van der Waals surface area contributed by atoms with Crippen LogP contribution in [0.3, 0.4) is 0 Å². The Labute approximate surface area is 73.0 Å². The second-order valence-corrected chi connectivity index (χ2v) is 3.56. The van der Waals surface area contributed by atoms with Crippen molar-refractivity contribution in [2.45, 2.75) is 39.1 Å². The van der Waals surface area contributed by atoms with Crippen LogP contribution in [0.5, 0.6) is 0 Å². The molecule has 3 heteroatoms. The van der Waals surface area contributed by atoms with E-state index in [1.807, 2.05) is 20.8 Å². The standard InChI is InChI=1S/C9H16O3/c1-7(4-5-10)9(3)11-6-8(2)12-9/h5,7-8H,4,6H2,1-3H3/t7-,8?,9?/m1/s1. The predicted molar refractivity (Wildman–Crippen MR) is 44.7 cm³/mol. The van der Waals surface area contributed by atoms with E-state index in [1.54, 1.807) is 0 Å². The van der Waals surface area contributed by atoms with Gasteiger partial charge in [-0.3, -0.25) is 0 Å². The molecule has 3 nitrogen and oxygen atoms in total. The summed E-state index contributed by atoms with van der Waals surface area (Å²) in [6.07, 6.45) is 1.54. The Kier molecular flexibility index (Phi) is 2.85. The van der Waals surface area contributed by atoms with E-state index in [0.717, 1.165) is 6.29 Å². The third-order valence-electron chi connectivity index (χ3n) is 2.38. The van der Waals surface area contributed by atoms with Crippen LogP contribution in [0, 0.1) is 5.92 Å². The average Bonchev–Trinajstić information content (AvgIpc) is 2.33. The van der Waals surface area contributed by atoms with Gasteiger partial charge in [0, 0.05) is 12.3 Å². The zero-order valence-corrected chi connectivity index (χ0v) is 7.87. The van der Waals surface area contributed by atoms with Crippen LogP contribution in [0.25, 0.3) is 0 Å². The maximum atomic E-state index is 10.3. The van der Waals surface area contributed by atoms with E-state index in [1.165, 1.54) is 0 Å². The number of hydrogen-bond donors (Lipinski definition) is 0. The van der Waals surface area contributed by atoms with E-state index in [9.17, 15) is 4.79 Å². The van der Waals surface area contributed by atoms with Crippen molar-refractivity contribution in [1.82, 2.24) is 0 Å². The molecule has 12 heavy (non-hydrogen) atoms. The third kappa shape index (κ3) is 1.84. The summed E-state index contributed by atoms with van der Waals surface area (Å²) in [5.74, 6) is -0.430. The normalized spacial score (nSPS) is 38.1. The fourth-order valence-electron chi connectivity index (χ4n) is 1.37. The molecular weight excluding hydrogens is 156 g/mol. The lowest BCUT2D eigenvalue weighted by Crippen LogP contribution is -2.34. The minimum atomic E-state index is -0.555. The number of hydrogen-bond acceptors (Lipinski definition) is 3. The molecule has 3 atom stereocenters. The summed E-state index contributed by atoms with van der Waals surface area (Å²) in [6, 6.07) is 0. The average molecular weight is 172 g/mol. The van der Waals surface area contributed by atoms with Crippen molar-refractivity contribution in [3.05, 3.63) is 0 Å². The molecule has 0 aromatic rings. The van der Waals surface area contributed by atoms with Crippen molar-refractivity contribution in [2.75, 3.05) is 6.61 Å². The Balaban J connectivity index is 2.53. The summed E-state index contributed by atoms with van der Waals surface area (Å²) in [6.45, 7) is 6.45. The first-order valence-corrected chi connectivity index (χ1v) is 4.34. The van der Waals surface area contributed by atoms with Crippen LogP contribution in [0.1, 0.15) is 27.2 Å². The molecule has 0 N–H and O–H groups in total. The molecule has 1 aliphatic heterocycles. The summed E-state index contributed by atoms with van der Waals surface area (Å²) >= 11 is 0. The quantitative estimate of drug-likeness (QED) is 0.603. The molecular formula is C9H16O3. The second-order valence-electron chi connectivity index (χ2n) is 3.56. The highest BCUT2D eigenvalue weighted by atomic mass is 16.7. The van der Waals surface area contributed by atoms with Gasteiger partial charge in [0.1, 0.15) is 6.29 Å². The molecule has 0 spiro atoms. The molecule has 0 aliphatic carbocycles. The van der Waals surface area contributed by atoms with Crippen molar-refractivity contribution in [2.24, 2.45) is 5.92 Å². The van der Waals surface area contributed by atoms with Crippen LogP contribution >= 0.6 is 0 Å². The Morgan fingerprint density at radius 3 is 2.83 bits per heavy atom. The van der Waals surface area contributed by atoms with Crippen LogP contribution in [0.4, 0.5) is 0 Å². The molecule has 1 aliphatic rings. The van der Waals surface area contributed by atoms with Crippen LogP contribution < -0.4 is 0 Å². The smallest absolute Gasteiger partial charge is 0.169 e. The lowest BCUT2D eigenvalue weighted by Gasteiger charge is -2.28. The molecule has 1 fully saturated rings. The fourth-order valence-corrected chi connectivity index (χ4v) is 1.37. The Bertz CT molecular complexity index is 169. The van der Waals surface area contributed by atoms with Crippen molar-refractivity contribution in [3.8, 4) is 0 Å². The van der Waals surface area contributed by atoms with Crippen molar-refractivity contribution in [3.63, 3.8) is 0 Å². The summed E-state index contributed by atoms with van der Waals surface area (Å²) in [5, 5.41) is 0. The second kappa shape index (κ2) is 3.54. The van der Waals surface area contributed by atoms with E-state index >= 15 is 0 Å². The van der Waals surface area contributed by atoms with Gasteiger partial charge in [-0.05, 0) is 13.8 Å². The molecule has 2 unspecified atom stereocenters. The summed E-state index contributed by atoms with van der Waals surface area (Å²) in [4.78, 5) is 10.3. The number of aldehydes is 1. The summed E-state index contributed by atoms with van der Waals surface area (Å²) in [5.41, 5.74) is 0. The van der Waals surface area contributed by atoms with E-state index in [-0.39, 0.29) is 12.0 Å². The maximum absolute atomic E-state index is 10.3. The number of carbonyl (C=O) groups excluding carboxylic acids is 1. The lowest BCUT2D eigenvalue weighted by atomic mass is 9.99. The van der Waals surface area contributed by atoms with Gasteiger partial charge in [0.05, 0.1) is 12.7 Å². The highest BCUT2D eigenvalue weighted by Crippen LogP contribution is 2.31. The largest absolute Gasteiger partial charge is 0.347 e. The minimum absolute atomic E-state index is 0.125. The van der Waals surface area contributed by atoms with E-state index < -0.39 is 5.79 Å². The molecule has 1 saturated heterocycles. The van der Waals surface area contributed by atoms with Crippen molar-refractivity contribution < 1.29 is 14.3 Å². The summed E-state index contributed by atoms with van der Waals surface area (Å²) < 4.78 is 11.1. The minimum Gasteiger partial charge on any atom is -0.347 e. The number of ether oxygens (including phenoxy) is 2. The first kappa shape index (κ1) is 9.68. The fraction of sp³-hybridized carbons (Fsp3) is 0.889. The highest BCUT2D eigenvalue weighted by molar-refractivity contribution is 5.49. The summed E-state index contributed by atoms with van der Waals surface area (Å²) in [7, 11) is 0. The Hall–Kier alpha value is -0.410. The SMILES string of the molecule is CC1COC(C)([C@H](C)CC=O)O1. The number of carbonyl (C=O) groups is 1. The lowest BCUT2D eigenvalue weighted by molar-refractivity contribution is -0.186. The molecule has 0 radical (unpaired) electrons. The van der Waals surface area contributed by atoms with Crippen LogP contribution in [-0.2, 0) is 14.3 Å². The molecule has 70 valence electrons. The van der Waals surface area contributed by atoms with Gasteiger partial charge < -0.3 is 14.3 Å². The van der Waals surface area contributed by atoms with Gasteiger partial charge in [-0.15, -0.1) is 0 Å². The third-order valence-corrected chi connectivity index (χ3v) is 2.38. The van der Waals surface area contributed by atoms with Crippen LogP contribution in [-0.4, -0.2) is 24.8 Å². The van der Waals surface area contributed by atoms with Gasteiger partial charge in [-0.2, -0.15) is 0 Å². The number of rotatable bonds is 3. The molecule has 0 aromatic carbocycles.